The smallest absolute Gasteiger partial charge is 0.261 e. The van der Waals surface area contributed by atoms with Crippen LogP contribution in [0.4, 0.5) is 11.4 Å². The molecule has 2 N–H and O–H groups in total. The lowest BCUT2D eigenvalue weighted by molar-refractivity contribution is 0.415. The Hall–Kier alpha value is -2.46. The fourth-order valence-electron chi connectivity index (χ4n) is 2.42. The van der Waals surface area contributed by atoms with Crippen molar-refractivity contribution in [3.8, 4) is 11.5 Å². The average Bonchev–Trinajstić information content (AvgIpc) is 2.66. The Bertz CT molecular complexity index is 1030. The number of ether oxygens (including phenoxy) is 2. The van der Waals surface area contributed by atoms with Gasteiger partial charge in [0.15, 0.2) is 0 Å². The van der Waals surface area contributed by atoms with Crippen LogP contribution in [0.1, 0.15) is 20.3 Å². The maximum absolute atomic E-state index is 12.7. The number of hydrogen-bond acceptors (Lipinski definition) is 6. The van der Waals surface area contributed by atoms with Crippen molar-refractivity contribution in [3.05, 3.63) is 42.5 Å². The Labute approximate surface area is 172 Å². The second-order valence-corrected chi connectivity index (χ2v) is 10.3. The van der Waals surface area contributed by atoms with Crippen LogP contribution in [0.5, 0.6) is 11.5 Å². The zero-order valence-corrected chi connectivity index (χ0v) is 18.4. The Morgan fingerprint density at radius 3 is 2.10 bits per heavy atom. The minimum Gasteiger partial charge on any atom is -0.497 e. The molecule has 2 rings (SSSR count). The number of anilines is 2. The summed E-state index contributed by atoms with van der Waals surface area (Å²) in [5.41, 5.74) is 0.412. The molecule has 0 spiro atoms. The first kappa shape index (κ1) is 22.8. The van der Waals surface area contributed by atoms with Crippen molar-refractivity contribution in [1.82, 2.24) is 0 Å². The van der Waals surface area contributed by atoms with E-state index < -0.39 is 20.0 Å². The zero-order valence-electron chi connectivity index (χ0n) is 16.8. The van der Waals surface area contributed by atoms with Crippen LogP contribution < -0.4 is 18.9 Å². The molecule has 0 unspecified atom stereocenters. The monoisotopic (exact) mass is 442 g/mol. The SMILES string of the molecule is COc1ccc(NS(=O)(=O)c2ccc(OC)c(NS(=O)(=O)CCC(C)C)c2)cc1. The van der Waals surface area contributed by atoms with Gasteiger partial charge in [0.05, 0.1) is 30.6 Å². The van der Waals surface area contributed by atoms with E-state index in [1.165, 1.54) is 32.4 Å². The number of nitrogens with one attached hydrogen (secondary N) is 2. The van der Waals surface area contributed by atoms with Crippen molar-refractivity contribution < 1.29 is 26.3 Å². The van der Waals surface area contributed by atoms with Crippen LogP contribution in [0.25, 0.3) is 0 Å². The molecule has 0 saturated carbocycles. The Morgan fingerprint density at radius 1 is 0.897 bits per heavy atom. The highest BCUT2D eigenvalue weighted by molar-refractivity contribution is 7.93. The van der Waals surface area contributed by atoms with Crippen LogP contribution in [0.2, 0.25) is 0 Å². The van der Waals surface area contributed by atoms with Gasteiger partial charge in [0.1, 0.15) is 11.5 Å². The zero-order chi connectivity index (χ0) is 21.7. The van der Waals surface area contributed by atoms with E-state index in [1.54, 1.807) is 24.3 Å². The molecule has 10 heteroatoms. The van der Waals surface area contributed by atoms with Crippen molar-refractivity contribution in [2.45, 2.75) is 25.2 Å². The van der Waals surface area contributed by atoms with E-state index in [1.807, 2.05) is 13.8 Å². The van der Waals surface area contributed by atoms with Gasteiger partial charge in [-0.3, -0.25) is 9.44 Å². The van der Waals surface area contributed by atoms with E-state index in [4.69, 9.17) is 9.47 Å². The van der Waals surface area contributed by atoms with Gasteiger partial charge in [0, 0.05) is 5.69 Å². The molecule has 0 heterocycles. The summed E-state index contributed by atoms with van der Waals surface area (Å²) < 4.78 is 65.2. The van der Waals surface area contributed by atoms with E-state index in [-0.39, 0.29) is 28.0 Å². The first-order chi connectivity index (χ1) is 13.6. The van der Waals surface area contributed by atoms with Crippen LogP contribution in [0.3, 0.4) is 0 Å². The van der Waals surface area contributed by atoms with Crippen molar-refractivity contribution in [2.75, 3.05) is 29.4 Å². The van der Waals surface area contributed by atoms with Gasteiger partial charge in [-0.05, 0) is 54.8 Å². The lowest BCUT2D eigenvalue weighted by Crippen LogP contribution is -2.19. The normalized spacial score (nSPS) is 11.9. The number of benzene rings is 2. The Balaban J connectivity index is 2.29. The Morgan fingerprint density at radius 2 is 1.55 bits per heavy atom. The summed E-state index contributed by atoms with van der Waals surface area (Å²) in [6.45, 7) is 3.85. The molecular weight excluding hydrogens is 416 g/mol. The molecule has 0 aliphatic heterocycles. The highest BCUT2D eigenvalue weighted by atomic mass is 32.2. The fourth-order valence-corrected chi connectivity index (χ4v) is 4.88. The third-order valence-electron chi connectivity index (χ3n) is 4.05. The van der Waals surface area contributed by atoms with Crippen LogP contribution in [-0.4, -0.2) is 36.8 Å². The van der Waals surface area contributed by atoms with Crippen molar-refractivity contribution >= 4 is 31.4 Å². The molecule has 0 aliphatic carbocycles. The van der Waals surface area contributed by atoms with E-state index in [0.717, 1.165) is 0 Å². The molecule has 0 bridgehead atoms. The van der Waals surface area contributed by atoms with Crippen molar-refractivity contribution in [2.24, 2.45) is 5.92 Å². The third-order valence-corrected chi connectivity index (χ3v) is 6.74. The van der Waals surface area contributed by atoms with Crippen molar-refractivity contribution in [3.63, 3.8) is 0 Å². The highest BCUT2D eigenvalue weighted by Gasteiger charge is 2.20. The van der Waals surface area contributed by atoms with E-state index >= 15 is 0 Å². The van der Waals surface area contributed by atoms with Gasteiger partial charge in [-0.2, -0.15) is 0 Å². The molecule has 0 aliphatic rings. The number of methoxy groups -OCH3 is 2. The number of sulfonamides is 2. The number of rotatable bonds is 10. The van der Waals surface area contributed by atoms with Crippen LogP contribution in [0.15, 0.2) is 47.4 Å². The molecule has 8 nitrogen and oxygen atoms in total. The van der Waals surface area contributed by atoms with Gasteiger partial charge >= 0.3 is 0 Å². The van der Waals surface area contributed by atoms with E-state index in [2.05, 4.69) is 9.44 Å². The fraction of sp³-hybridized carbons (Fsp3) is 0.368. The van der Waals surface area contributed by atoms with Crippen LogP contribution in [-0.2, 0) is 20.0 Å². The summed E-state index contributed by atoms with van der Waals surface area (Å²) in [4.78, 5) is -0.101. The average molecular weight is 443 g/mol. The third kappa shape index (κ3) is 6.53. The largest absolute Gasteiger partial charge is 0.497 e. The molecule has 29 heavy (non-hydrogen) atoms. The summed E-state index contributed by atoms with van der Waals surface area (Å²) in [5, 5.41) is 0. The summed E-state index contributed by atoms with van der Waals surface area (Å²) in [6, 6.07) is 10.4. The maximum atomic E-state index is 12.7. The molecule has 0 amide bonds. The van der Waals surface area contributed by atoms with Gasteiger partial charge in [-0.25, -0.2) is 16.8 Å². The predicted molar refractivity (Wildman–Crippen MR) is 114 cm³/mol. The Kier molecular flexibility index (Phi) is 7.37. The van der Waals surface area contributed by atoms with E-state index in [9.17, 15) is 16.8 Å². The summed E-state index contributed by atoms with van der Waals surface area (Å²) >= 11 is 0. The van der Waals surface area contributed by atoms with Gasteiger partial charge in [-0.15, -0.1) is 0 Å². The van der Waals surface area contributed by atoms with Crippen LogP contribution in [0, 0.1) is 5.92 Å². The minimum absolute atomic E-state index is 0.0638. The molecule has 160 valence electrons. The van der Waals surface area contributed by atoms with Gasteiger partial charge in [0.2, 0.25) is 10.0 Å². The first-order valence-corrected chi connectivity index (χ1v) is 12.1. The van der Waals surface area contributed by atoms with Gasteiger partial charge in [0.25, 0.3) is 10.0 Å². The molecule has 0 fully saturated rings. The summed E-state index contributed by atoms with van der Waals surface area (Å²) in [6.07, 6.45) is 0.481. The van der Waals surface area contributed by atoms with Crippen molar-refractivity contribution in [1.29, 1.82) is 0 Å². The highest BCUT2D eigenvalue weighted by Crippen LogP contribution is 2.29. The van der Waals surface area contributed by atoms with E-state index in [0.29, 0.717) is 17.9 Å². The molecule has 2 aromatic carbocycles. The lowest BCUT2D eigenvalue weighted by Gasteiger charge is -2.15. The molecule has 2 aromatic rings. The molecule has 0 aromatic heterocycles. The van der Waals surface area contributed by atoms with Gasteiger partial charge < -0.3 is 9.47 Å². The topological polar surface area (TPSA) is 111 Å². The maximum Gasteiger partial charge on any atom is 0.261 e. The lowest BCUT2D eigenvalue weighted by atomic mass is 10.2. The second kappa shape index (κ2) is 9.36. The molecular formula is C19H26N2O6S2. The second-order valence-electron chi connectivity index (χ2n) is 6.80. The molecule has 0 atom stereocenters. The predicted octanol–water partition coefficient (Wildman–Crippen LogP) is 3.29. The summed E-state index contributed by atoms with van der Waals surface area (Å²) in [7, 11) is -4.70. The van der Waals surface area contributed by atoms with Gasteiger partial charge in [-0.1, -0.05) is 13.8 Å². The summed E-state index contributed by atoms with van der Waals surface area (Å²) in [5.74, 6) is 0.959. The molecule has 0 saturated heterocycles. The number of hydrogen-bond donors (Lipinski definition) is 2. The standard InChI is InChI=1S/C19H26N2O6S2/c1-14(2)11-12-28(22,23)21-18-13-17(9-10-19(18)27-4)29(24,25)20-15-5-7-16(26-3)8-6-15/h5-10,13-14,20-21H,11-12H2,1-4H3. The quantitative estimate of drug-likeness (QED) is 0.584. The molecule has 0 radical (unpaired) electrons. The van der Waals surface area contributed by atoms with Crippen LogP contribution >= 0.6 is 0 Å². The minimum atomic E-state index is -3.94. The first-order valence-electron chi connectivity index (χ1n) is 8.91.